The summed E-state index contributed by atoms with van der Waals surface area (Å²) in [5, 5.41) is 22.6. The molecular weight excluding hydrogens is 242 g/mol. The first-order chi connectivity index (χ1) is 8.29. The van der Waals surface area contributed by atoms with Crippen LogP contribution in [0, 0.1) is 0 Å². The van der Waals surface area contributed by atoms with Crippen LogP contribution in [0.5, 0.6) is 0 Å². The maximum Gasteiger partial charge on any atom is 0.328 e. The Morgan fingerprint density at radius 2 is 1.89 bits per heavy atom. The van der Waals surface area contributed by atoms with Crippen molar-refractivity contribution in [3.05, 3.63) is 0 Å². The van der Waals surface area contributed by atoms with Gasteiger partial charge in [0.2, 0.25) is 5.91 Å². The highest BCUT2D eigenvalue weighted by Gasteiger charge is 2.26. The normalized spacial score (nSPS) is 13.3. The molecule has 0 rings (SSSR count). The standard InChI is InChI=1S/C10H19N3O5/c1-4-11-7(15)5-13(3)10(18)12-8(6(2)14)9(16)17/h6,8,14H,4-5H2,1-3H3,(H,11,15)(H,12,18)(H,16,17). The van der Waals surface area contributed by atoms with E-state index in [0.29, 0.717) is 6.54 Å². The highest BCUT2D eigenvalue weighted by molar-refractivity contribution is 5.86. The monoisotopic (exact) mass is 261 g/mol. The molecule has 0 aliphatic heterocycles. The van der Waals surface area contributed by atoms with Gasteiger partial charge in [0.1, 0.15) is 6.54 Å². The fourth-order valence-electron chi connectivity index (χ4n) is 1.17. The molecule has 2 atom stereocenters. The largest absolute Gasteiger partial charge is 0.480 e. The Morgan fingerprint density at radius 1 is 1.33 bits per heavy atom. The molecule has 0 aromatic carbocycles. The molecule has 2 unspecified atom stereocenters. The zero-order valence-corrected chi connectivity index (χ0v) is 10.6. The summed E-state index contributed by atoms with van der Waals surface area (Å²) >= 11 is 0. The molecule has 8 nitrogen and oxygen atoms in total. The summed E-state index contributed by atoms with van der Waals surface area (Å²) in [4.78, 5) is 34.6. The van der Waals surface area contributed by atoms with Crippen LogP contribution in [0.25, 0.3) is 0 Å². The second kappa shape index (κ2) is 7.49. The number of hydrogen-bond acceptors (Lipinski definition) is 4. The highest BCUT2D eigenvalue weighted by Crippen LogP contribution is 1.95. The average Bonchev–Trinajstić information content (AvgIpc) is 2.24. The summed E-state index contributed by atoms with van der Waals surface area (Å²) in [6.07, 6.45) is -1.23. The fourth-order valence-corrected chi connectivity index (χ4v) is 1.17. The lowest BCUT2D eigenvalue weighted by Gasteiger charge is -2.22. The van der Waals surface area contributed by atoms with Crippen LogP contribution >= 0.6 is 0 Å². The molecule has 0 spiro atoms. The number of amides is 3. The summed E-state index contributed by atoms with van der Waals surface area (Å²) < 4.78 is 0. The second-order valence-electron chi connectivity index (χ2n) is 3.82. The molecule has 0 saturated heterocycles. The van der Waals surface area contributed by atoms with Gasteiger partial charge in [-0.05, 0) is 13.8 Å². The van der Waals surface area contributed by atoms with Crippen LogP contribution in [0.2, 0.25) is 0 Å². The van der Waals surface area contributed by atoms with E-state index in [0.717, 1.165) is 4.90 Å². The van der Waals surface area contributed by atoms with Crippen molar-refractivity contribution >= 4 is 17.9 Å². The molecule has 0 aliphatic carbocycles. The minimum Gasteiger partial charge on any atom is -0.480 e. The summed E-state index contributed by atoms with van der Waals surface area (Å²) in [6, 6.07) is -2.15. The maximum absolute atomic E-state index is 11.6. The van der Waals surface area contributed by atoms with Crippen molar-refractivity contribution in [1.29, 1.82) is 0 Å². The van der Waals surface area contributed by atoms with E-state index in [-0.39, 0.29) is 12.5 Å². The molecule has 8 heteroatoms. The Labute approximate surface area is 105 Å². The quantitative estimate of drug-likeness (QED) is 0.469. The van der Waals surface area contributed by atoms with E-state index < -0.39 is 24.1 Å². The number of likely N-dealkylation sites (N-methyl/N-ethyl adjacent to an activating group) is 2. The topological polar surface area (TPSA) is 119 Å². The van der Waals surface area contributed by atoms with Gasteiger partial charge in [-0.15, -0.1) is 0 Å². The van der Waals surface area contributed by atoms with E-state index in [1.54, 1.807) is 6.92 Å². The van der Waals surface area contributed by atoms with E-state index >= 15 is 0 Å². The third-order valence-corrected chi connectivity index (χ3v) is 2.13. The number of nitrogens with zero attached hydrogens (tertiary/aromatic N) is 1. The predicted molar refractivity (Wildman–Crippen MR) is 63.0 cm³/mol. The average molecular weight is 261 g/mol. The van der Waals surface area contributed by atoms with Gasteiger partial charge in [-0.1, -0.05) is 0 Å². The Kier molecular flexibility index (Phi) is 6.73. The molecule has 0 radical (unpaired) electrons. The Bertz CT molecular complexity index is 319. The number of carboxylic acid groups (broad SMARTS) is 1. The summed E-state index contributed by atoms with van der Waals surface area (Å²) in [5.74, 6) is -1.69. The van der Waals surface area contributed by atoms with Crippen LogP contribution in [0.3, 0.4) is 0 Å². The first-order valence-corrected chi connectivity index (χ1v) is 5.48. The minimum absolute atomic E-state index is 0.189. The maximum atomic E-state index is 11.6. The molecule has 0 bridgehead atoms. The Hall–Kier alpha value is -1.83. The molecule has 4 N–H and O–H groups in total. The molecule has 0 saturated carbocycles. The lowest BCUT2D eigenvalue weighted by Crippen LogP contribution is -2.52. The fraction of sp³-hybridized carbons (Fsp3) is 0.700. The van der Waals surface area contributed by atoms with Gasteiger partial charge in [0.05, 0.1) is 6.10 Å². The number of carbonyl (C=O) groups excluding carboxylic acids is 2. The lowest BCUT2D eigenvalue weighted by atomic mass is 10.2. The van der Waals surface area contributed by atoms with Crippen molar-refractivity contribution in [1.82, 2.24) is 15.5 Å². The third-order valence-electron chi connectivity index (χ3n) is 2.13. The lowest BCUT2D eigenvalue weighted by molar-refractivity contribution is -0.141. The number of aliphatic hydroxyl groups excluding tert-OH is 1. The molecule has 0 aromatic heterocycles. The van der Waals surface area contributed by atoms with Crippen LogP contribution < -0.4 is 10.6 Å². The van der Waals surface area contributed by atoms with E-state index in [2.05, 4.69) is 10.6 Å². The molecule has 0 heterocycles. The van der Waals surface area contributed by atoms with Crippen LogP contribution in [-0.2, 0) is 9.59 Å². The predicted octanol–water partition coefficient (Wildman–Crippen LogP) is -1.40. The van der Waals surface area contributed by atoms with Gasteiger partial charge in [-0.3, -0.25) is 4.79 Å². The van der Waals surface area contributed by atoms with Gasteiger partial charge < -0.3 is 25.7 Å². The zero-order valence-electron chi connectivity index (χ0n) is 10.6. The molecule has 104 valence electrons. The number of carboxylic acids is 1. The summed E-state index contributed by atoms with van der Waals surface area (Å²) in [5.41, 5.74) is 0. The van der Waals surface area contributed by atoms with Crippen LogP contribution in [0.1, 0.15) is 13.8 Å². The number of hydrogen-bond donors (Lipinski definition) is 4. The van der Waals surface area contributed by atoms with Crippen LogP contribution in [0.4, 0.5) is 4.79 Å². The van der Waals surface area contributed by atoms with Gasteiger partial charge in [0.15, 0.2) is 6.04 Å². The number of aliphatic hydroxyl groups is 1. The third kappa shape index (κ3) is 5.48. The van der Waals surface area contributed by atoms with E-state index in [1.165, 1.54) is 14.0 Å². The van der Waals surface area contributed by atoms with Crippen LogP contribution in [-0.4, -0.2) is 65.3 Å². The second-order valence-corrected chi connectivity index (χ2v) is 3.82. The minimum atomic E-state index is -1.41. The van der Waals surface area contributed by atoms with Crippen molar-refractivity contribution in [3.63, 3.8) is 0 Å². The first kappa shape index (κ1) is 16.2. The van der Waals surface area contributed by atoms with Crippen molar-refractivity contribution in [2.24, 2.45) is 0 Å². The SMILES string of the molecule is CCNC(=O)CN(C)C(=O)NC(C(=O)O)C(C)O. The molecule has 3 amide bonds. The van der Waals surface area contributed by atoms with Gasteiger partial charge in [-0.2, -0.15) is 0 Å². The molecule has 0 aromatic rings. The number of nitrogens with one attached hydrogen (secondary N) is 2. The van der Waals surface area contributed by atoms with E-state index in [1.807, 2.05) is 0 Å². The molecule has 0 aliphatic rings. The Balaban J connectivity index is 4.38. The van der Waals surface area contributed by atoms with Gasteiger partial charge >= 0.3 is 12.0 Å². The van der Waals surface area contributed by atoms with Crippen molar-refractivity contribution in [3.8, 4) is 0 Å². The van der Waals surface area contributed by atoms with Crippen LogP contribution in [0.15, 0.2) is 0 Å². The summed E-state index contributed by atoms with van der Waals surface area (Å²) in [6.45, 7) is 3.25. The molecule has 18 heavy (non-hydrogen) atoms. The van der Waals surface area contributed by atoms with E-state index in [4.69, 9.17) is 5.11 Å². The smallest absolute Gasteiger partial charge is 0.328 e. The highest BCUT2D eigenvalue weighted by atomic mass is 16.4. The van der Waals surface area contributed by atoms with Crippen molar-refractivity contribution in [2.45, 2.75) is 26.0 Å². The zero-order chi connectivity index (χ0) is 14.3. The van der Waals surface area contributed by atoms with Gasteiger partial charge in [0.25, 0.3) is 0 Å². The Morgan fingerprint density at radius 3 is 2.28 bits per heavy atom. The summed E-state index contributed by atoms with van der Waals surface area (Å²) in [7, 11) is 1.35. The molecular formula is C10H19N3O5. The first-order valence-electron chi connectivity index (χ1n) is 5.48. The number of urea groups is 1. The number of carbonyl (C=O) groups is 3. The van der Waals surface area contributed by atoms with E-state index in [9.17, 15) is 19.5 Å². The van der Waals surface area contributed by atoms with Gasteiger partial charge in [0, 0.05) is 13.6 Å². The van der Waals surface area contributed by atoms with Crippen molar-refractivity contribution < 1.29 is 24.6 Å². The van der Waals surface area contributed by atoms with Crippen molar-refractivity contribution in [2.75, 3.05) is 20.1 Å². The molecule has 0 fully saturated rings. The van der Waals surface area contributed by atoms with Gasteiger partial charge in [-0.25, -0.2) is 9.59 Å². The number of rotatable bonds is 6. The number of aliphatic carboxylic acids is 1.